The van der Waals surface area contributed by atoms with Gasteiger partial charge in [0.1, 0.15) is 5.52 Å². The van der Waals surface area contributed by atoms with Gasteiger partial charge in [-0.05, 0) is 0 Å². The summed E-state index contributed by atoms with van der Waals surface area (Å²) in [7, 11) is 0. The van der Waals surface area contributed by atoms with Crippen molar-refractivity contribution in [3.8, 4) is 0 Å². The van der Waals surface area contributed by atoms with Crippen LogP contribution in [0, 0.1) is 0 Å². The van der Waals surface area contributed by atoms with Gasteiger partial charge >= 0.3 is 0 Å². The third kappa shape index (κ3) is 1.49. The summed E-state index contributed by atoms with van der Waals surface area (Å²) < 4.78 is 1.79. The van der Waals surface area contributed by atoms with Crippen LogP contribution in [0.3, 0.4) is 0 Å². The van der Waals surface area contributed by atoms with E-state index in [0.717, 1.165) is 0 Å². The molecular formula is C9H13N7O. The van der Waals surface area contributed by atoms with Crippen LogP contribution in [0.25, 0.3) is 11.2 Å². The number of anilines is 2. The number of β-amino-alcohol motifs (C(OH)–C–C–N with tert-alkyl or cyclic N) is 1. The molecule has 1 aliphatic heterocycles. The molecule has 1 saturated heterocycles. The highest BCUT2D eigenvalue weighted by Gasteiger charge is 2.28. The lowest BCUT2D eigenvalue weighted by Gasteiger charge is -2.15. The standard InChI is InChI=1S/C9H13N7O/c10-7-6-8(15-9(11)14-7)16(3-13-6)4-1-12-2-5(4)17/h3-5,12,17H,1-2H2,(H4,10,11,14,15)/t4-,5-/m0/s1. The first-order valence-corrected chi connectivity index (χ1v) is 5.31. The second kappa shape index (κ2) is 3.54. The van der Waals surface area contributed by atoms with Gasteiger partial charge in [0.15, 0.2) is 11.5 Å². The van der Waals surface area contributed by atoms with Crippen LogP contribution < -0.4 is 16.8 Å². The maximum absolute atomic E-state index is 9.84. The van der Waals surface area contributed by atoms with Crippen LogP contribution in [-0.4, -0.2) is 43.8 Å². The number of aliphatic hydroxyl groups excluding tert-OH is 1. The highest BCUT2D eigenvalue weighted by atomic mass is 16.3. The Bertz CT molecular complexity index is 566. The number of fused-ring (bicyclic) bond motifs is 1. The fourth-order valence-corrected chi connectivity index (χ4v) is 2.13. The smallest absolute Gasteiger partial charge is 0.224 e. The zero-order chi connectivity index (χ0) is 12.0. The van der Waals surface area contributed by atoms with Crippen molar-refractivity contribution < 1.29 is 5.11 Å². The lowest BCUT2D eigenvalue weighted by atomic mass is 10.2. The molecule has 2 aromatic rings. The van der Waals surface area contributed by atoms with E-state index in [9.17, 15) is 5.11 Å². The molecule has 8 nitrogen and oxygen atoms in total. The first-order valence-electron chi connectivity index (χ1n) is 5.31. The molecule has 0 amide bonds. The minimum absolute atomic E-state index is 0.103. The lowest BCUT2D eigenvalue weighted by Crippen LogP contribution is -2.21. The van der Waals surface area contributed by atoms with Gasteiger partial charge in [-0.25, -0.2) is 4.98 Å². The van der Waals surface area contributed by atoms with Crippen LogP contribution in [0.2, 0.25) is 0 Å². The van der Waals surface area contributed by atoms with Crippen molar-refractivity contribution >= 4 is 22.9 Å². The summed E-state index contributed by atoms with van der Waals surface area (Å²) in [6.07, 6.45) is 1.14. The molecule has 1 aliphatic rings. The zero-order valence-electron chi connectivity index (χ0n) is 9.04. The normalized spacial score (nSPS) is 24.5. The lowest BCUT2D eigenvalue weighted by molar-refractivity contribution is 0.152. The van der Waals surface area contributed by atoms with Crippen LogP contribution in [0.15, 0.2) is 6.33 Å². The molecule has 2 atom stereocenters. The van der Waals surface area contributed by atoms with Gasteiger partial charge < -0.3 is 26.5 Å². The number of hydrogen-bond acceptors (Lipinski definition) is 7. The van der Waals surface area contributed by atoms with Crippen molar-refractivity contribution in [3.05, 3.63) is 6.33 Å². The number of nitrogens with two attached hydrogens (primary N) is 2. The Morgan fingerprint density at radius 2 is 2.18 bits per heavy atom. The van der Waals surface area contributed by atoms with Crippen molar-refractivity contribution in [2.24, 2.45) is 0 Å². The molecule has 1 fully saturated rings. The van der Waals surface area contributed by atoms with Gasteiger partial charge in [-0.15, -0.1) is 0 Å². The first kappa shape index (κ1) is 10.2. The third-order valence-corrected chi connectivity index (χ3v) is 2.97. The molecule has 6 N–H and O–H groups in total. The molecule has 3 rings (SSSR count). The predicted octanol–water partition coefficient (Wildman–Crippen LogP) is -1.50. The van der Waals surface area contributed by atoms with Crippen molar-refractivity contribution in [3.63, 3.8) is 0 Å². The van der Waals surface area contributed by atoms with Crippen molar-refractivity contribution in [1.29, 1.82) is 0 Å². The van der Waals surface area contributed by atoms with Gasteiger partial charge in [-0.1, -0.05) is 0 Å². The largest absolute Gasteiger partial charge is 0.390 e. The number of nitrogens with one attached hydrogen (secondary N) is 1. The fraction of sp³-hybridized carbons (Fsp3) is 0.444. The Morgan fingerprint density at radius 1 is 1.35 bits per heavy atom. The Labute approximate surface area is 96.7 Å². The molecule has 0 aromatic carbocycles. The van der Waals surface area contributed by atoms with Crippen LogP contribution in [0.4, 0.5) is 11.8 Å². The number of aromatic nitrogens is 4. The maximum atomic E-state index is 9.84. The van der Waals surface area contributed by atoms with E-state index >= 15 is 0 Å². The minimum Gasteiger partial charge on any atom is -0.390 e. The zero-order valence-corrected chi connectivity index (χ0v) is 9.04. The number of rotatable bonds is 1. The molecule has 0 bridgehead atoms. The van der Waals surface area contributed by atoms with E-state index in [1.165, 1.54) is 0 Å². The first-order chi connectivity index (χ1) is 8.16. The highest BCUT2D eigenvalue weighted by molar-refractivity contribution is 5.82. The average Bonchev–Trinajstić information content (AvgIpc) is 2.84. The van der Waals surface area contributed by atoms with Gasteiger partial charge in [0.2, 0.25) is 5.95 Å². The van der Waals surface area contributed by atoms with Crippen molar-refractivity contribution in [1.82, 2.24) is 24.8 Å². The van der Waals surface area contributed by atoms with Gasteiger partial charge in [0.25, 0.3) is 0 Å². The molecule has 8 heteroatoms. The predicted molar refractivity (Wildman–Crippen MR) is 62.1 cm³/mol. The average molecular weight is 235 g/mol. The summed E-state index contributed by atoms with van der Waals surface area (Å²) >= 11 is 0. The van der Waals surface area contributed by atoms with Crippen LogP contribution in [0.1, 0.15) is 6.04 Å². The van der Waals surface area contributed by atoms with E-state index in [4.69, 9.17) is 11.5 Å². The van der Waals surface area contributed by atoms with E-state index in [0.29, 0.717) is 24.3 Å². The van der Waals surface area contributed by atoms with Crippen LogP contribution >= 0.6 is 0 Å². The summed E-state index contributed by atoms with van der Waals surface area (Å²) in [5.41, 5.74) is 12.4. The van der Waals surface area contributed by atoms with E-state index in [2.05, 4.69) is 20.3 Å². The second-order valence-corrected chi connectivity index (χ2v) is 4.08. The molecule has 0 unspecified atom stereocenters. The van der Waals surface area contributed by atoms with Crippen molar-refractivity contribution in [2.75, 3.05) is 24.6 Å². The Balaban J connectivity index is 2.17. The van der Waals surface area contributed by atoms with E-state index in [1.54, 1.807) is 10.9 Å². The Morgan fingerprint density at radius 3 is 2.88 bits per heavy atom. The number of nitrogens with zero attached hydrogens (tertiary/aromatic N) is 4. The topological polar surface area (TPSA) is 128 Å². The Hall–Kier alpha value is -1.93. The maximum Gasteiger partial charge on any atom is 0.224 e. The van der Waals surface area contributed by atoms with Gasteiger partial charge in [0, 0.05) is 13.1 Å². The molecular weight excluding hydrogens is 222 g/mol. The van der Waals surface area contributed by atoms with Gasteiger partial charge in [-0.3, -0.25) is 0 Å². The summed E-state index contributed by atoms with van der Waals surface area (Å²) in [5, 5.41) is 12.9. The third-order valence-electron chi connectivity index (χ3n) is 2.97. The molecule has 17 heavy (non-hydrogen) atoms. The SMILES string of the molecule is Nc1nc(N)c2ncn([C@H]3CNC[C@@H]3O)c2n1. The van der Waals surface area contributed by atoms with Crippen molar-refractivity contribution in [2.45, 2.75) is 12.1 Å². The summed E-state index contributed by atoms with van der Waals surface area (Å²) in [6, 6.07) is -0.103. The molecule has 0 saturated carbocycles. The van der Waals surface area contributed by atoms with E-state index < -0.39 is 6.10 Å². The monoisotopic (exact) mass is 235 g/mol. The second-order valence-electron chi connectivity index (χ2n) is 4.08. The van der Waals surface area contributed by atoms with Crippen LogP contribution in [0.5, 0.6) is 0 Å². The van der Waals surface area contributed by atoms with E-state index in [1.807, 2.05) is 0 Å². The van der Waals surface area contributed by atoms with E-state index in [-0.39, 0.29) is 17.8 Å². The fourth-order valence-electron chi connectivity index (χ4n) is 2.13. The molecule has 2 aromatic heterocycles. The summed E-state index contributed by atoms with van der Waals surface area (Å²) in [4.78, 5) is 12.1. The molecule has 0 spiro atoms. The summed E-state index contributed by atoms with van der Waals surface area (Å²) in [5.74, 6) is 0.365. The minimum atomic E-state index is -0.468. The molecule has 3 heterocycles. The Kier molecular flexibility index (Phi) is 2.13. The van der Waals surface area contributed by atoms with Gasteiger partial charge in [-0.2, -0.15) is 9.97 Å². The molecule has 90 valence electrons. The molecule has 0 aliphatic carbocycles. The summed E-state index contributed by atoms with van der Waals surface area (Å²) in [6.45, 7) is 1.22. The number of nitrogen functional groups attached to an aromatic ring is 2. The van der Waals surface area contributed by atoms with Gasteiger partial charge in [0.05, 0.1) is 18.5 Å². The molecule has 0 radical (unpaired) electrons. The highest BCUT2D eigenvalue weighted by Crippen LogP contribution is 2.23. The number of aliphatic hydroxyl groups is 1. The number of imidazole rings is 1. The van der Waals surface area contributed by atoms with Crippen LogP contribution in [-0.2, 0) is 0 Å². The number of hydrogen-bond donors (Lipinski definition) is 4. The quantitative estimate of drug-likeness (QED) is 0.473.